The van der Waals surface area contributed by atoms with E-state index in [-0.39, 0.29) is 17.6 Å². The molecule has 0 aliphatic heterocycles. The molecule has 0 aliphatic carbocycles. The predicted octanol–water partition coefficient (Wildman–Crippen LogP) is 2.84. The molecule has 2 heterocycles. The summed E-state index contributed by atoms with van der Waals surface area (Å²) in [5.41, 5.74) is -0.846. The number of aromatic nitrogens is 2. The van der Waals surface area contributed by atoms with E-state index in [4.69, 9.17) is 0 Å². The fraction of sp³-hybridized carbons (Fsp3) is 0.429. The van der Waals surface area contributed by atoms with Gasteiger partial charge in [0.2, 0.25) is 5.91 Å². The Hall–Kier alpha value is -1.65. The average Bonchev–Trinajstić information content (AvgIpc) is 2.93. The number of carbonyl (C=O) groups is 1. The molecule has 2 rings (SSSR count). The fourth-order valence-corrected chi connectivity index (χ4v) is 3.22. The van der Waals surface area contributed by atoms with E-state index < -0.39 is 5.54 Å². The SMILES string of the molecule is CC(C)[C@@](C)(C#N)NC(=O)CSc1ncnc2sccc12. The molecule has 0 bridgehead atoms. The van der Waals surface area contributed by atoms with E-state index in [1.807, 2.05) is 25.3 Å². The van der Waals surface area contributed by atoms with Crippen LogP contribution in [0.1, 0.15) is 20.8 Å². The first-order valence-corrected chi connectivity index (χ1v) is 8.36. The summed E-state index contributed by atoms with van der Waals surface area (Å²) in [4.78, 5) is 21.4. The van der Waals surface area contributed by atoms with Crippen molar-refractivity contribution in [3.8, 4) is 6.07 Å². The van der Waals surface area contributed by atoms with Gasteiger partial charge < -0.3 is 5.32 Å². The largest absolute Gasteiger partial charge is 0.337 e. The molecule has 0 saturated heterocycles. The molecule has 21 heavy (non-hydrogen) atoms. The van der Waals surface area contributed by atoms with Gasteiger partial charge in [0.15, 0.2) is 0 Å². The molecule has 5 nitrogen and oxygen atoms in total. The number of hydrogen-bond acceptors (Lipinski definition) is 6. The molecule has 0 aliphatic rings. The number of thioether (sulfide) groups is 1. The van der Waals surface area contributed by atoms with Crippen molar-refractivity contribution in [3.63, 3.8) is 0 Å². The van der Waals surface area contributed by atoms with Crippen LogP contribution in [-0.2, 0) is 4.79 Å². The lowest BCUT2D eigenvalue weighted by atomic mass is 9.90. The monoisotopic (exact) mass is 320 g/mol. The molecule has 110 valence electrons. The van der Waals surface area contributed by atoms with E-state index in [1.165, 1.54) is 18.1 Å². The Bertz CT molecular complexity index is 692. The number of nitriles is 1. The number of nitrogens with zero attached hydrogens (tertiary/aromatic N) is 3. The van der Waals surface area contributed by atoms with Crippen LogP contribution < -0.4 is 5.32 Å². The van der Waals surface area contributed by atoms with E-state index in [9.17, 15) is 10.1 Å². The minimum absolute atomic E-state index is 0.0408. The minimum Gasteiger partial charge on any atom is -0.337 e. The summed E-state index contributed by atoms with van der Waals surface area (Å²) in [5.74, 6) is 0.102. The number of fused-ring (bicyclic) bond motifs is 1. The van der Waals surface area contributed by atoms with E-state index in [0.29, 0.717) is 0 Å². The van der Waals surface area contributed by atoms with Crippen molar-refractivity contribution in [1.29, 1.82) is 5.26 Å². The van der Waals surface area contributed by atoms with E-state index in [0.717, 1.165) is 15.2 Å². The first-order valence-electron chi connectivity index (χ1n) is 6.49. The normalized spacial score (nSPS) is 13.9. The van der Waals surface area contributed by atoms with Gasteiger partial charge in [-0.2, -0.15) is 5.26 Å². The Labute approximate surface area is 131 Å². The zero-order chi connectivity index (χ0) is 15.5. The van der Waals surface area contributed by atoms with Crippen LogP contribution >= 0.6 is 23.1 Å². The van der Waals surface area contributed by atoms with Crippen molar-refractivity contribution >= 4 is 39.2 Å². The van der Waals surface area contributed by atoms with Gasteiger partial charge in [-0.25, -0.2) is 9.97 Å². The van der Waals surface area contributed by atoms with Crippen LogP contribution in [0.15, 0.2) is 22.8 Å². The van der Waals surface area contributed by atoms with Crippen molar-refractivity contribution < 1.29 is 4.79 Å². The highest BCUT2D eigenvalue weighted by Gasteiger charge is 2.29. The van der Waals surface area contributed by atoms with Crippen LogP contribution in [0.4, 0.5) is 0 Å². The molecule has 2 aromatic heterocycles. The molecular weight excluding hydrogens is 304 g/mol. The maximum absolute atomic E-state index is 12.0. The summed E-state index contributed by atoms with van der Waals surface area (Å²) in [6.07, 6.45) is 1.51. The molecule has 1 atom stereocenters. The molecule has 0 fully saturated rings. The van der Waals surface area contributed by atoms with Crippen molar-refractivity contribution in [3.05, 3.63) is 17.8 Å². The lowest BCUT2D eigenvalue weighted by Gasteiger charge is -2.27. The number of amides is 1. The lowest BCUT2D eigenvalue weighted by Crippen LogP contribution is -2.49. The Morgan fingerprint density at radius 3 is 3.00 bits per heavy atom. The van der Waals surface area contributed by atoms with Crippen LogP contribution in [0.25, 0.3) is 10.2 Å². The number of carbonyl (C=O) groups excluding carboxylic acids is 1. The summed E-state index contributed by atoms with van der Waals surface area (Å²) < 4.78 is 0. The second-order valence-corrected chi connectivity index (χ2v) is 6.98. The zero-order valence-corrected chi connectivity index (χ0v) is 13.7. The van der Waals surface area contributed by atoms with Crippen molar-refractivity contribution in [2.45, 2.75) is 31.3 Å². The summed E-state index contributed by atoms with van der Waals surface area (Å²) in [6, 6.07) is 4.12. The number of thiophene rings is 1. The summed E-state index contributed by atoms with van der Waals surface area (Å²) in [7, 11) is 0. The second kappa shape index (κ2) is 6.41. The molecule has 0 unspecified atom stereocenters. The van der Waals surface area contributed by atoms with Crippen LogP contribution in [0, 0.1) is 17.2 Å². The van der Waals surface area contributed by atoms with Crippen molar-refractivity contribution in [2.24, 2.45) is 5.92 Å². The van der Waals surface area contributed by atoms with Crippen LogP contribution in [0.3, 0.4) is 0 Å². The molecule has 7 heteroatoms. The third-order valence-electron chi connectivity index (χ3n) is 3.35. The minimum atomic E-state index is -0.846. The highest BCUT2D eigenvalue weighted by Crippen LogP contribution is 2.27. The van der Waals surface area contributed by atoms with Gasteiger partial charge in [-0.05, 0) is 24.3 Å². The summed E-state index contributed by atoms with van der Waals surface area (Å²) >= 11 is 2.90. The van der Waals surface area contributed by atoms with E-state index >= 15 is 0 Å². The third kappa shape index (κ3) is 3.52. The molecule has 0 radical (unpaired) electrons. The Kier molecular flexibility index (Phi) is 4.80. The fourth-order valence-electron chi connectivity index (χ4n) is 1.64. The molecule has 1 amide bonds. The zero-order valence-electron chi connectivity index (χ0n) is 12.1. The first-order chi connectivity index (χ1) is 9.96. The van der Waals surface area contributed by atoms with Crippen LogP contribution in [0.2, 0.25) is 0 Å². The van der Waals surface area contributed by atoms with Gasteiger partial charge in [0.1, 0.15) is 21.7 Å². The van der Waals surface area contributed by atoms with Gasteiger partial charge in [0.05, 0.1) is 11.8 Å². The standard InChI is InChI=1S/C14H16N4OS2/c1-9(2)14(3,7-15)18-11(19)6-21-13-10-4-5-20-12(10)16-8-17-13/h4-5,8-9H,6H2,1-3H3,(H,18,19)/t14-/m1/s1. The third-order valence-corrected chi connectivity index (χ3v) is 5.18. The van der Waals surface area contributed by atoms with Gasteiger partial charge >= 0.3 is 0 Å². The number of hydrogen-bond donors (Lipinski definition) is 1. The Morgan fingerprint density at radius 1 is 1.57 bits per heavy atom. The van der Waals surface area contributed by atoms with Crippen molar-refractivity contribution in [1.82, 2.24) is 15.3 Å². The molecule has 0 saturated carbocycles. The second-order valence-electron chi connectivity index (χ2n) is 5.12. The quantitative estimate of drug-likeness (QED) is 0.677. The van der Waals surface area contributed by atoms with Crippen molar-refractivity contribution in [2.75, 3.05) is 5.75 Å². The predicted molar refractivity (Wildman–Crippen MR) is 85.1 cm³/mol. The first kappa shape index (κ1) is 15.7. The molecular formula is C14H16N4OS2. The van der Waals surface area contributed by atoms with Crippen LogP contribution in [0.5, 0.6) is 0 Å². The summed E-state index contributed by atoms with van der Waals surface area (Å²) in [6.45, 7) is 5.56. The van der Waals surface area contributed by atoms with E-state index in [2.05, 4.69) is 21.4 Å². The molecule has 2 aromatic rings. The average molecular weight is 320 g/mol. The maximum atomic E-state index is 12.0. The molecule has 0 aromatic carbocycles. The number of nitrogens with one attached hydrogen (secondary N) is 1. The van der Waals surface area contributed by atoms with Crippen LogP contribution in [-0.4, -0.2) is 27.2 Å². The topological polar surface area (TPSA) is 78.7 Å². The highest BCUT2D eigenvalue weighted by atomic mass is 32.2. The maximum Gasteiger partial charge on any atom is 0.231 e. The van der Waals surface area contributed by atoms with Gasteiger partial charge in [0, 0.05) is 5.39 Å². The van der Waals surface area contributed by atoms with Gasteiger partial charge in [-0.15, -0.1) is 11.3 Å². The highest BCUT2D eigenvalue weighted by molar-refractivity contribution is 8.00. The van der Waals surface area contributed by atoms with E-state index in [1.54, 1.807) is 18.3 Å². The number of rotatable bonds is 5. The van der Waals surface area contributed by atoms with Gasteiger partial charge in [-0.1, -0.05) is 25.6 Å². The Balaban J connectivity index is 2.02. The summed E-state index contributed by atoms with van der Waals surface area (Å²) in [5, 5.41) is 15.7. The molecule has 0 spiro atoms. The Morgan fingerprint density at radius 2 is 2.33 bits per heavy atom. The lowest BCUT2D eigenvalue weighted by molar-refractivity contribution is -0.120. The smallest absolute Gasteiger partial charge is 0.231 e. The molecule has 1 N–H and O–H groups in total. The van der Waals surface area contributed by atoms with Gasteiger partial charge in [-0.3, -0.25) is 4.79 Å². The van der Waals surface area contributed by atoms with Gasteiger partial charge in [0.25, 0.3) is 0 Å².